The van der Waals surface area contributed by atoms with Gasteiger partial charge in [-0.2, -0.15) is 0 Å². The predicted octanol–water partition coefficient (Wildman–Crippen LogP) is 0.143. The molecular weight excluding hydrogens is 273 g/mol. The second-order valence-electron chi connectivity index (χ2n) is 5.06. The fourth-order valence-electron chi connectivity index (χ4n) is 2.57. The summed E-state index contributed by atoms with van der Waals surface area (Å²) in [7, 11) is -0.516. The van der Waals surface area contributed by atoms with Crippen molar-refractivity contribution in [3.63, 3.8) is 0 Å². The van der Waals surface area contributed by atoms with E-state index in [4.69, 9.17) is 24.5 Å². The predicted molar refractivity (Wildman–Crippen MR) is 76.3 cm³/mol. The summed E-state index contributed by atoms with van der Waals surface area (Å²) in [5.74, 6) is 0.492. The number of hydrogen-bond acceptors (Lipinski definition) is 6. The molecular formula is C14H18BNO5. The first kappa shape index (κ1) is 14.4. The van der Waals surface area contributed by atoms with Gasteiger partial charge in [0.15, 0.2) is 0 Å². The van der Waals surface area contributed by atoms with Crippen molar-refractivity contribution in [2.24, 2.45) is 5.73 Å². The van der Waals surface area contributed by atoms with Crippen molar-refractivity contribution in [3.05, 3.63) is 23.8 Å². The van der Waals surface area contributed by atoms with Crippen LogP contribution in [0.5, 0.6) is 5.75 Å². The van der Waals surface area contributed by atoms with E-state index in [9.17, 15) is 4.79 Å². The molecule has 2 N–H and O–H groups in total. The average Bonchev–Trinajstić information content (AvgIpc) is 2.77. The van der Waals surface area contributed by atoms with Gasteiger partial charge < -0.3 is 24.5 Å². The molecule has 21 heavy (non-hydrogen) atoms. The molecule has 2 heterocycles. The Morgan fingerprint density at radius 3 is 3.10 bits per heavy atom. The smallest absolute Gasteiger partial charge is 0.491 e. The van der Waals surface area contributed by atoms with Crippen LogP contribution in [-0.2, 0) is 18.8 Å². The van der Waals surface area contributed by atoms with Crippen LogP contribution in [0.25, 0.3) is 0 Å². The van der Waals surface area contributed by atoms with Crippen LogP contribution in [0.15, 0.2) is 18.2 Å². The Labute approximate surface area is 123 Å². The van der Waals surface area contributed by atoms with Gasteiger partial charge >= 0.3 is 13.1 Å². The minimum atomic E-state index is -0.516. The molecule has 112 valence electrons. The zero-order chi connectivity index (χ0) is 14.8. The lowest BCUT2D eigenvalue weighted by molar-refractivity contribution is -0.146. The Morgan fingerprint density at radius 2 is 2.33 bits per heavy atom. The maximum atomic E-state index is 11.3. The summed E-state index contributed by atoms with van der Waals surface area (Å²) < 4.78 is 22.6. The summed E-state index contributed by atoms with van der Waals surface area (Å²) in [6, 6.07) is 5.78. The van der Waals surface area contributed by atoms with Crippen molar-refractivity contribution in [3.8, 4) is 5.75 Å². The highest BCUT2D eigenvalue weighted by molar-refractivity contribution is 6.64. The standard InChI is InChI=1S/C14H18BNO5/c1-2-13(17)19-8-9-7-18-11-5-3-4-10-12(6-16)21-15(20-9)14(10)11/h3-5,9,12H,2,6-8,16H2,1H3/t9-,12?/m0/s1. The number of hydrogen-bond donors (Lipinski definition) is 1. The largest absolute Gasteiger partial charge is 0.499 e. The Morgan fingerprint density at radius 1 is 1.48 bits per heavy atom. The molecule has 0 saturated heterocycles. The van der Waals surface area contributed by atoms with E-state index in [0.29, 0.717) is 19.6 Å². The molecule has 0 fully saturated rings. The van der Waals surface area contributed by atoms with Crippen LogP contribution in [0.4, 0.5) is 0 Å². The van der Waals surface area contributed by atoms with Crippen LogP contribution in [0.3, 0.4) is 0 Å². The maximum Gasteiger partial charge on any atom is 0.499 e. The molecule has 0 aliphatic carbocycles. The van der Waals surface area contributed by atoms with E-state index < -0.39 is 7.12 Å². The van der Waals surface area contributed by atoms with Crippen molar-refractivity contribution >= 4 is 18.6 Å². The molecule has 1 aromatic carbocycles. The molecule has 0 aromatic heterocycles. The highest BCUT2D eigenvalue weighted by Crippen LogP contribution is 2.30. The molecule has 0 amide bonds. The summed E-state index contributed by atoms with van der Waals surface area (Å²) in [5.41, 5.74) is 7.64. The first-order valence-corrected chi connectivity index (χ1v) is 7.15. The fourth-order valence-corrected chi connectivity index (χ4v) is 2.57. The van der Waals surface area contributed by atoms with Crippen LogP contribution in [0, 0.1) is 0 Å². The van der Waals surface area contributed by atoms with Crippen LogP contribution in [0.1, 0.15) is 25.0 Å². The SMILES string of the molecule is CCC(=O)OC[C@@H]1COc2cccc3c2B(OC3CN)O1. The minimum Gasteiger partial charge on any atom is -0.491 e. The summed E-state index contributed by atoms with van der Waals surface area (Å²) in [4.78, 5) is 11.3. The topological polar surface area (TPSA) is 80.0 Å². The van der Waals surface area contributed by atoms with Gasteiger partial charge in [0.25, 0.3) is 0 Å². The van der Waals surface area contributed by atoms with Gasteiger partial charge in [-0.25, -0.2) is 0 Å². The normalized spacial score (nSPS) is 23.2. The monoisotopic (exact) mass is 291 g/mol. The number of esters is 1. The third-order valence-electron chi connectivity index (χ3n) is 3.64. The van der Waals surface area contributed by atoms with Crippen molar-refractivity contribution in [1.82, 2.24) is 0 Å². The molecule has 0 bridgehead atoms. The molecule has 1 aromatic rings. The number of nitrogens with two attached hydrogens (primary N) is 1. The van der Waals surface area contributed by atoms with E-state index in [-0.39, 0.29) is 24.8 Å². The Kier molecular flexibility index (Phi) is 4.14. The number of rotatable bonds is 4. The van der Waals surface area contributed by atoms with Gasteiger partial charge in [0.1, 0.15) is 25.1 Å². The lowest BCUT2D eigenvalue weighted by Gasteiger charge is -2.18. The third kappa shape index (κ3) is 2.77. The van der Waals surface area contributed by atoms with E-state index in [1.807, 2.05) is 18.2 Å². The molecule has 2 aliphatic rings. The summed E-state index contributed by atoms with van der Waals surface area (Å²) >= 11 is 0. The van der Waals surface area contributed by atoms with Crippen LogP contribution >= 0.6 is 0 Å². The van der Waals surface area contributed by atoms with E-state index >= 15 is 0 Å². The molecule has 2 aliphatic heterocycles. The second kappa shape index (κ2) is 6.05. The molecule has 1 unspecified atom stereocenters. The van der Waals surface area contributed by atoms with Gasteiger partial charge in [-0.3, -0.25) is 4.79 Å². The quantitative estimate of drug-likeness (QED) is 0.628. The molecule has 6 nitrogen and oxygen atoms in total. The summed E-state index contributed by atoms with van der Waals surface area (Å²) in [6.07, 6.45) is -0.208. The minimum absolute atomic E-state index is 0.156. The van der Waals surface area contributed by atoms with Gasteiger partial charge in [0.05, 0.1) is 6.10 Å². The first-order valence-electron chi connectivity index (χ1n) is 7.15. The zero-order valence-electron chi connectivity index (χ0n) is 11.9. The number of ether oxygens (including phenoxy) is 2. The molecule has 0 radical (unpaired) electrons. The van der Waals surface area contributed by atoms with E-state index in [2.05, 4.69) is 0 Å². The van der Waals surface area contributed by atoms with Gasteiger partial charge in [0.2, 0.25) is 0 Å². The molecule has 0 spiro atoms. The Balaban J connectivity index is 1.76. The van der Waals surface area contributed by atoms with Crippen LogP contribution < -0.4 is 15.9 Å². The number of carbonyl (C=O) groups is 1. The van der Waals surface area contributed by atoms with Crippen molar-refractivity contribution in [1.29, 1.82) is 0 Å². The van der Waals surface area contributed by atoms with Gasteiger partial charge in [-0.05, 0) is 11.6 Å². The van der Waals surface area contributed by atoms with Crippen LogP contribution in [-0.4, -0.2) is 39.0 Å². The van der Waals surface area contributed by atoms with E-state index in [0.717, 1.165) is 16.8 Å². The zero-order valence-corrected chi connectivity index (χ0v) is 11.9. The van der Waals surface area contributed by atoms with E-state index in [1.54, 1.807) is 6.92 Å². The fraction of sp³-hybridized carbons (Fsp3) is 0.500. The average molecular weight is 291 g/mol. The van der Waals surface area contributed by atoms with Crippen LogP contribution in [0.2, 0.25) is 0 Å². The first-order chi connectivity index (χ1) is 10.2. The highest BCUT2D eigenvalue weighted by Gasteiger charge is 2.43. The third-order valence-corrected chi connectivity index (χ3v) is 3.64. The Bertz CT molecular complexity index is 538. The second-order valence-corrected chi connectivity index (χ2v) is 5.06. The maximum absolute atomic E-state index is 11.3. The lowest BCUT2D eigenvalue weighted by Crippen LogP contribution is -2.37. The summed E-state index contributed by atoms with van der Waals surface area (Å²) in [5, 5.41) is 0. The van der Waals surface area contributed by atoms with Gasteiger partial charge in [-0.15, -0.1) is 0 Å². The van der Waals surface area contributed by atoms with Gasteiger partial charge in [-0.1, -0.05) is 19.1 Å². The van der Waals surface area contributed by atoms with E-state index in [1.165, 1.54) is 0 Å². The molecule has 2 atom stereocenters. The van der Waals surface area contributed by atoms with Crippen molar-refractivity contribution < 1.29 is 23.6 Å². The molecule has 7 heteroatoms. The lowest BCUT2D eigenvalue weighted by atomic mass is 9.77. The highest BCUT2D eigenvalue weighted by atomic mass is 16.6. The van der Waals surface area contributed by atoms with Gasteiger partial charge in [0, 0.05) is 18.4 Å². The van der Waals surface area contributed by atoms with Crippen molar-refractivity contribution in [2.45, 2.75) is 25.6 Å². The number of benzene rings is 1. The summed E-state index contributed by atoms with van der Waals surface area (Å²) in [6.45, 7) is 2.61. The molecule has 3 rings (SSSR count). The van der Waals surface area contributed by atoms with Crippen molar-refractivity contribution in [2.75, 3.05) is 19.8 Å². The Hall–Kier alpha value is -1.57. The number of carbonyl (C=O) groups excluding carboxylic acids is 1. The molecule has 0 saturated carbocycles.